The molecule has 0 N–H and O–H groups in total. The smallest absolute Gasteiger partial charge is 0.0485 e. The molecule has 16 heavy (non-hydrogen) atoms. The third kappa shape index (κ3) is 2.35. The fraction of sp³-hybridized carbons (Fsp3) is 0.0769. The van der Waals surface area contributed by atoms with Crippen molar-refractivity contribution in [2.24, 2.45) is 0 Å². The van der Waals surface area contributed by atoms with Gasteiger partial charge in [0.15, 0.2) is 0 Å². The summed E-state index contributed by atoms with van der Waals surface area (Å²) in [7, 11) is 0. The van der Waals surface area contributed by atoms with Gasteiger partial charge < -0.3 is 0 Å². The average molecular weight is 272 g/mol. The SMILES string of the molecule is Cc1ccc(Cl)cc1-c1cc(Cl)ccc1Cl. The van der Waals surface area contributed by atoms with E-state index in [0.717, 1.165) is 16.7 Å². The molecule has 0 amide bonds. The molecular formula is C13H9Cl3. The van der Waals surface area contributed by atoms with E-state index in [2.05, 4.69) is 0 Å². The maximum Gasteiger partial charge on any atom is 0.0485 e. The Morgan fingerprint density at radius 3 is 2.00 bits per heavy atom. The quantitative estimate of drug-likeness (QED) is 0.631. The van der Waals surface area contributed by atoms with Gasteiger partial charge in [0.25, 0.3) is 0 Å². The molecule has 0 nitrogen and oxygen atoms in total. The summed E-state index contributed by atoms with van der Waals surface area (Å²) in [6, 6.07) is 11.1. The van der Waals surface area contributed by atoms with Crippen molar-refractivity contribution in [2.45, 2.75) is 6.92 Å². The van der Waals surface area contributed by atoms with Crippen molar-refractivity contribution < 1.29 is 0 Å². The Hall–Kier alpha value is -0.690. The van der Waals surface area contributed by atoms with E-state index >= 15 is 0 Å². The number of halogens is 3. The highest BCUT2D eigenvalue weighted by Crippen LogP contribution is 2.33. The molecular weight excluding hydrogens is 263 g/mol. The summed E-state index contributed by atoms with van der Waals surface area (Å²) in [4.78, 5) is 0. The van der Waals surface area contributed by atoms with Gasteiger partial charge >= 0.3 is 0 Å². The van der Waals surface area contributed by atoms with Gasteiger partial charge in [0.05, 0.1) is 0 Å². The van der Waals surface area contributed by atoms with E-state index in [1.165, 1.54) is 0 Å². The van der Waals surface area contributed by atoms with Crippen LogP contribution in [0.4, 0.5) is 0 Å². The molecule has 0 saturated heterocycles. The van der Waals surface area contributed by atoms with Crippen LogP contribution in [0.2, 0.25) is 15.1 Å². The van der Waals surface area contributed by atoms with Gasteiger partial charge in [0.1, 0.15) is 0 Å². The summed E-state index contributed by atoms with van der Waals surface area (Å²) in [5.74, 6) is 0. The highest BCUT2D eigenvalue weighted by Gasteiger charge is 2.07. The van der Waals surface area contributed by atoms with E-state index in [1.807, 2.05) is 31.2 Å². The fourth-order valence-corrected chi connectivity index (χ4v) is 2.15. The molecule has 82 valence electrons. The summed E-state index contributed by atoms with van der Waals surface area (Å²) in [5, 5.41) is 2.03. The Bertz CT molecular complexity index is 483. The maximum absolute atomic E-state index is 6.15. The molecule has 0 unspecified atom stereocenters. The summed E-state index contributed by atoms with van der Waals surface area (Å²) >= 11 is 18.1. The molecule has 0 aliphatic carbocycles. The minimum atomic E-state index is 0.666. The molecule has 0 aliphatic heterocycles. The maximum atomic E-state index is 6.15. The fourth-order valence-electron chi connectivity index (χ4n) is 1.59. The molecule has 2 rings (SSSR count). The lowest BCUT2D eigenvalue weighted by atomic mass is 10.0. The van der Waals surface area contributed by atoms with Crippen LogP contribution in [0.3, 0.4) is 0 Å². The van der Waals surface area contributed by atoms with E-state index in [0.29, 0.717) is 15.1 Å². The monoisotopic (exact) mass is 270 g/mol. The van der Waals surface area contributed by atoms with Crippen molar-refractivity contribution in [1.29, 1.82) is 0 Å². The molecule has 3 heteroatoms. The molecule has 0 fully saturated rings. The lowest BCUT2D eigenvalue weighted by Gasteiger charge is -2.09. The first-order chi connectivity index (χ1) is 7.58. The van der Waals surface area contributed by atoms with Gasteiger partial charge in [0, 0.05) is 20.6 Å². The largest absolute Gasteiger partial charge is 0.0843 e. The van der Waals surface area contributed by atoms with Crippen LogP contribution in [0, 0.1) is 6.92 Å². The standard InChI is InChI=1S/C13H9Cl3/c1-8-2-3-9(14)6-11(8)12-7-10(15)4-5-13(12)16/h2-7H,1H3. The lowest BCUT2D eigenvalue weighted by Crippen LogP contribution is -1.84. The number of rotatable bonds is 1. The Kier molecular flexibility index (Phi) is 3.44. The molecule has 0 saturated carbocycles. The summed E-state index contributed by atoms with van der Waals surface area (Å²) < 4.78 is 0. The van der Waals surface area contributed by atoms with Crippen molar-refractivity contribution in [2.75, 3.05) is 0 Å². The van der Waals surface area contributed by atoms with Gasteiger partial charge in [-0.25, -0.2) is 0 Å². The predicted molar refractivity (Wildman–Crippen MR) is 71.6 cm³/mol. The minimum absolute atomic E-state index is 0.666. The highest BCUT2D eigenvalue weighted by atomic mass is 35.5. The number of aryl methyl sites for hydroxylation is 1. The second kappa shape index (κ2) is 4.67. The van der Waals surface area contributed by atoms with Crippen LogP contribution >= 0.6 is 34.8 Å². The molecule has 0 atom stereocenters. The first-order valence-corrected chi connectivity index (χ1v) is 5.93. The van der Waals surface area contributed by atoms with E-state index in [9.17, 15) is 0 Å². The summed E-state index contributed by atoms with van der Waals surface area (Å²) in [6.07, 6.45) is 0. The Labute approximate surface area is 110 Å². The van der Waals surface area contributed by atoms with Crippen LogP contribution in [0.15, 0.2) is 36.4 Å². The van der Waals surface area contributed by atoms with Gasteiger partial charge in [-0.15, -0.1) is 0 Å². The molecule has 0 aliphatic rings. The summed E-state index contributed by atoms with van der Waals surface area (Å²) in [6.45, 7) is 2.02. The Morgan fingerprint density at radius 1 is 0.750 bits per heavy atom. The third-order valence-corrected chi connectivity index (χ3v) is 3.22. The van der Waals surface area contributed by atoms with Crippen molar-refractivity contribution in [3.63, 3.8) is 0 Å². The lowest BCUT2D eigenvalue weighted by molar-refractivity contribution is 1.46. The van der Waals surface area contributed by atoms with Gasteiger partial charge in [-0.3, -0.25) is 0 Å². The van der Waals surface area contributed by atoms with Crippen molar-refractivity contribution >= 4 is 34.8 Å². The normalized spacial score (nSPS) is 10.5. The van der Waals surface area contributed by atoms with E-state index < -0.39 is 0 Å². The Balaban J connectivity index is 2.66. The second-order valence-corrected chi connectivity index (χ2v) is 4.86. The number of hydrogen-bond acceptors (Lipinski definition) is 0. The average Bonchev–Trinajstić information content (AvgIpc) is 2.25. The highest BCUT2D eigenvalue weighted by molar-refractivity contribution is 6.35. The van der Waals surface area contributed by atoms with E-state index in [4.69, 9.17) is 34.8 Å². The van der Waals surface area contributed by atoms with E-state index in [-0.39, 0.29) is 0 Å². The van der Waals surface area contributed by atoms with Gasteiger partial charge in [-0.1, -0.05) is 40.9 Å². The summed E-state index contributed by atoms with van der Waals surface area (Å²) in [5.41, 5.74) is 3.04. The molecule has 0 bridgehead atoms. The van der Waals surface area contributed by atoms with Gasteiger partial charge in [0.2, 0.25) is 0 Å². The van der Waals surface area contributed by atoms with Crippen LogP contribution < -0.4 is 0 Å². The zero-order valence-electron chi connectivity index (χ0n) is 8.60. The van der Waals surface area contributed by atoms with Gasteiger partial charge in [-0.05, 0) is 48.4 Å². The zero-order valence-corrected chi connectivity index (χ0v) is 10.9. The molecule has 0 spiro atoms. The molecule has 0 aromatic heterocycles. The minimum Gasteiger partial charge on any atom is -0.0843 e. The zero-order chi connectivity index (χ0) is 11.7. The van der Waals surface area contributed by atoms with Crippen LogP contribution in [0.25, 0.3) is 11.1 Å². The number of hydrogen-bond donors (Lipinski definition) is 0. The first-order valence-electron chi connectivity index (χ1n) is 4.79. The Morgan fingerprint density at radius 2 is 1.31 bits per heavy atom. The van der Waals surface area contributed by atoms with E-state index in [1.54, 1.807) is 12.1 Å². The van der Waals surface area contributed by atoms with Crippen molar-refractivity contribution in [1.82, 2.24) is 0 Å². The molecule has 2 aromatic carbocycles. The van der Waals surface area contributed by atoms with Crippen molar-refractivity contribution in [3.8, 4) is 11.1 Å². The first kappa shape index (κ1) is 11.8. The van der Waals surface area contributed by atoms with Crippen LogP contribution in [-0.2, 0) is 0 Å². The van der Waals surface area contributed by atoms with Crippen LogP contribution in [-0.4, -0.2) is 0 Å². The predicted octanol–water partition coefficient (Wildman–Crippen LogP) is 5.62. The molecule has 0 heterocycles. The number of benzene rings is 2. The van der Waals surface area contributed by atoms with Crippen LogP contribution in [0.5, 0.6) is 0 Å². The third-order valence-electron chi connectivity index (χ3n) is 2.42. The molecule has 2 aromatic rings. The van der Waals surface area contributed by atoms with Crippen molar-refractivity contribution in [3.05, 3.63) is 57.0 Å². The molecule has 0 radical (unpaired) electrons. The van der Waals surface area contributed by atoms with Gasteiger partial charge in [-0.2, -0.15) is 0 Å². The van der Waals surface area contributed by atoms with Crippen LogP contribution in [0.1, 0.15) is 5.56 Å². The topological polar surface area (TPSA) is 0 Å². The second-order valence-electron chi connectivity index (χ2n) is 3.58.